The molecule has 1 aliphatic carbocycles. The molecule has 1 N–H and O–H groups in total. The lowest BCUT2D eigenvalue weighted by atomic mass is 9.82. The van der Waals surface area contributed by atoms with E-state index in [-0.39, 0.29) is 30.0 Å². The molecule has 34 heavy (non-hydrogen) atoms. The second kappa shape index (κ2) is 11.1. The fraction of sp³-hybridized carbons (Fsp3) is 0.357. The first kappa shape index (κ1) is 24.3. The van der Waals surface area contributed by atoms with Crippen LogP contribution < -0.4 is 4.74 Å². The molecular formula is C28H29F3O3. The highest BCUT2D eigenvalue weighted by molar-refractivity contribution is 5.65. The van der Waals surface area contributed by atoms with E-state index >= 15 is 0 Å². The second-order valence-corrected chi connectivity index (χ2v) is 8.71. The van der Waals surface area contributed by atoms with Crippen molar-refractivity contribution in [2.24, 2.45) is 0 Å². The van der Waals surface area contributed by atoms with E-state index in [0.717, 1.165) is 5.56 Å². The Morgan fingerprint density at radius 3 is 2.26 bits per heavy atom. The Morgan fingerprint density at radius 2 is 1.59 bits per heavy atom. The van der Waals surface area contributed by atoms with Crippen LogP contribution in [0.3, 0.4) is 0 Å². The van der Waals surface area contributed by atoms with Crippen molar-refractivity contribution in [3.63, 3.8) is 0 Å². The summed E-state index contributed by atoms with van der Waals surface area (Å²) >= 11 is 0. The van der Waals surface area contributed by atoms with Crippen LogP contribution in [0.25, 0.3) is 11.1 Å². The van der Waals surface area contributed by atoms with Crippen LogP contribution in [0.15, 0.2) is 54.6 Å². The largest absolute Gasteiger partial charge is 0.489 e. The number of ether oxygens (including phenoxy) is 2. The molecule has 180 valence electrons. The number of hydrogen-bond donors (Lipinski definition) is 1. The summed E-state index contributed by atoms with van der Waals surface area (Å²) in [6, 6.07) is 14.8. The van der Waals surface area contributed by atoms with Crippen LogP contribution in [0, 0.1) is 17.5 Å². The van der Waals surface area contributed by atoms with E-state index in [9.17, 15) is 18.3 Å². The molecule has 0 spiro atoms. The van der Waals surface area contributed by atoms with Crippen molar-refractivity contribution in [3.05, 3.63) is 88.7 Å². The molecular weight excluding hydrogens is 441 g/mol. The maximum atomic E-state index is 14.9. The summed E-state index contributed by atoms with van der Waals surface area (Å²) in [5.74, 6) is -1.62. The van der Waals surface area contributed by atoms with Crippen molar-refractivity contribution in [2.75, 3.05) is 6.61 Å². The number of aliphatic hydroxyl groups excluding tert-OH is 1. The van der Waals surface area contributed by atoms with Crippen molar-refractivity contribution >= 4 is 0 Å². The first-order valence-corrected chi connectivity index (χ1v) is 11.7. The quantitative estimate of drug-likeness (QED) is 0.389. The molecule has 4 rings (SSSR count). The lowest BCUT2D eigenvalue weighted by Crippen LogP contribution is -2.18. The predicted molar refractivity (Wildman–Crippen MR) is 125 cm³/mol. The Kier molecular flexibility index (Phi) is 7.91. The predicted octanol–water partition coefficient (Wildman–Crippen LogP) is 6.90. The van der Waals surface area contributed by atoms with Crippen molar-refractivity contribution in [1.82, 2.24) is 0 Å². The summed E-state index contributed by atoms with van der Waals surface area (Å²) in [5, 5.41) is 9.67. The smallest absolute Gasteiger partial charge is 0.166 e. The summed E-state index contributed by atoms with van der Waals surface area (Å²) in [6.45, 7) is 2.86. The van der Waals surface area contributed by atoms with Gasteiger partial charge in [0.2, 0.25) is 0 Å². The minimum absolute atomic E-state index is 0.0495. The molecule has 0 saturated heterocycles. The van der Waals surface area contributed by atoms with Gasteiger partial charge in [-0.3, -0.25) is 0 Å². The third-order valence-corrected chi connectivity index (χ3v) is 6.40. The van der Waals surface area contributed by atoms with Gasteiger partial charge in [-0.25, -0.2) is 13.2 Å². The van der Waals surface area contributed by atoms with Crippen molar-refractivity contribution in [1.29, 1.82) is 0 Å². The summed E-state index contributed by atoms with van der Waals surface area (Å²) in [5.41, 5.74) is 2.26. The fourth-order valence-electron chi connectivity index (χ4n) is 4.40. The molecule has 6 heteroatoms. The zero-order valence-corrected chi connectivity index (χ0v) is 19.2. The lowest BCUT2D eigenvalue weighted by molar-refractivity contribution is 0.122. The van der Waals surface area contributed by atoms with Crippen LogP contribution in [-0.2, 0) is 18.0 Å². The molecule has 0 aliphatic heterocycles. The van der Waals surface area contributed by atoms with Crippen molar-refractivity contribution in [3.8, 4) is 16.9 Å². The Hall–Kier alpha value is -2.83. The normalized spacial score (nSPS) is 18.1. The van der Waals surface area contributed by atoms with Gasteiger partial charge in [-0.2, -0.15) is 0 Å². The molecule has 0 bridgehead atoms. The van der Waals surface area contributed by atoms with Gasteiger partial charge >= 0.3 is 0 Å². The first-order chi connectivity index (χ1) is 16.5. The molecule has 0 radical (unpaired) electrons. The summed E-state index contributed by atoms with van der Waals surface area (Å²) in [7, 11) is 0. The molecule has 0 heterocycles. The minimum Gasteiger partial charge on any atom is -0.489 e. The van der Waals surface area contributed by atoms with Gasteiger partial charge in [-0.1, -0.05) is 36.4 Å². The first-order valence-electron chi connectivity index (χ1n) is 11.7. The van der Waals surface area contributed by atoms with E-state index in [1.807, 2.05) is 6.92 Å². The van der Waals surface area contributed by atoms with Gasteiger partial charge < -0.3 is 14.6 Å². The maximum Gasteiger partial charge on any atom is 0.166 e. The number of benzene rings is 3. The highest BCUT2D eigenvalue weighted by atomic mass is 19.2. The van der Waals surface area contributed by atoms with E-state index in [2.05, 4.69) is 0 Å². The highest BCUT2D eigenvalue weighted by Crippen LogP contribution is 2.37. The fourth-order valence-corrected chi connectivity index (χ4v) is 4.40. The van der Waals surface area contributed by atoms with Crippen LogP contribution >= 0.6 is 0 Å². The van der Waals surface area contributed by atoms with E-state index in [1.54, 1.807) is 48.5 Å². The Balaban J connectivity index is 1.42. The Morgan fingerprint density at radius 1 is 0.853 bits per heavy atom. The van der Waals surface area contributed by atoms with Gasteiger partial charge in [0.1, 0.15) is 18.2 Å². The van der Waals surface area contributed by atoms with Crippen LogP contribution in [0.2, 0.25) is 0 Å². The molecule has 1 fully saturated rings. The van der Waals surface area contributed by atoms with Gasteiger partial charge in [-0.05, 0) is 73.4 Å². The molecule has 1 saturated carbocycles. The van der Waals surface area contributed by atoms with E-state index in [1.165, 1.54) is 6.07 Å². The van der Waals surface area contributed by atoms with Crippen LogP contribution in [-0.4, -0.2) is 17.8 Å². The molecule has 1 aliphatic rings. The molecule has 0 aromatic heterocycles. The second-order valence-electron chi connectivity index (χ2n) is 8.71. The summed E-state index contributed by atoms with van der Waals surface area (Å²) in [4.78, 5) is 0. The summed E-state index contributed by atoms with van der Waals surface area (Å²) < 4.78 is 55.0. The van der Waals surface area contributed by atoms with E-state index in [0.29, 0.717) is 61.3 Å². The van der Waals surface area contributed by atoms with Crippen molar-refractivity contribution < 1.29 is 27.8 Å². The minimum atomic E-state index is -0.869. The number of rotatable bonds is 8. The van der Waals surface area contributed by atoms with Gasteiger partial charge in [0.25, 0.3) is 0 Å². The SMILES string of the molecule is CCOCc1ccc(COc2ccc(-c3ccc(C4CCC(O)CC4)c(F)c3F)cc2)c(F)c1. The molecule has 3 aromatic carbocycles. The van der Waals surface area contributed by atoms with Gasteiger partial charge in [-0.15, -0.1) is 0 Å². The molecule has 0 amide bonds. The van der Waals surface area contributed by atoms with Gasteiger partial charge in [0.15, 0.2) is 11.6 Å². The van der Waals surface area contributed by atoms with Gasteiger partial charge in [0, 0.05) is 17.7 Å². The maximum absolute atomic E-state index is 14.9. The number of hydrogen-bond acceptors (Lipinski definition) is 3. The zero-order valence-electron chi connectivity index (χ0n) is 19.2. The van der Waals surface area contributed by atoms with E-state index in [4.69, 9.17) is 9.47 Å². The van der Waals surface area contributed by atoms with Crippen LogP contribution in [0.4, 0.5) is 13.2 Å². The number of aliphatic hydroxyl groups is 1. The number of halogens is 3. The van der Waals surface area contributed by atoms with Crippen LogP contribution in [0.5, 0.6) is 5.75 Å². The average Bonchev–Trinajstić information content (AvgIpc) is 2.85. The average molecular weight is 471 g/mol. The molecule has 3 aromatic rings. The van der Waals surface area contributed by atoms with E-state index < -0.39 is 11.6 Å². The molecule has 0 unspecified atom stereocenters. The van der Waals surface area contributed by atoms with Gasteiger partial charge in [0.05, 0.1) is 12.7 Å². The topological polar surface area (TPSA) is 38.7 Å². The standard InChI is InChI=1S/C28H29F3O3/c1-2-33-16-18-3-4-21(26(29)15-18)17-34-23-11-7-20(8-12-23)25-14-13-24(27(30)28(25)31)19-5-9-22(32)10-6-19/h3-4,7-8,11-15,19,22,32H,2,5-6,9-10,16-17H2,1H3. The Bertz CT molecular complexity index is 1110. The molecule has 3 nitrogen and oxygen atoms in total. The van der Waals surface area contributed by atoms with Crippen molar-refractivity contribution in [2.45, 2.75) is 57.8 Å². The Labute approximate surface area is 198 Å². The van der Waals surface area contributed by atoms with Crippen LogP contribution in [0.1, 0.15) is 55.2 Å². The third-order valence-electron chi connectivity index (χ3n) is 6.40. The molecule has 0 atom stereocenters. The zero-order chi connectivity index (χ0) is 24.1. The highest BCUT2D eigenvalue weighted by Gasteiger charge is 2.25. The third kappa shape index (κ3) is 5.62. The monoisotopic (exact) mass is 470 g/mol. The summed E-state index contributed by atoms with van der Waals surface area (Å²) in [6.07, 6.45) is 2.17. The lowest BCUT2D eigenvalue weighted by Gasteiger charge is -2.26.